The molecule has 2 N–H and O–H groups in total. The number of hydrogen-bond donors (Lipinski definition) is 2. The molecule has 2 aromatic carbocycles. The summed E-state index contributed by atoms with van der Waals surface area (Å²) >= 11 is 0. The van der Waals surface area contributed by atoms with Crippen molar-refractivity contribution >= 4 is 33.8 Å². The minimum atomic E-state index is -3.41. The van der Waals surface area contributed by atoms with Crippen molar-refractivity contribution in [3.8, 4) is 5.75 Å². The molecule has 0 aliphatic carbocycles. The first-order valence-corrected chi connectivity index (χ1v) is 16.1. The first kappa shape index (κ1) is 32.1. The number of likely N-dealkylation sites (tertiary alicyclic amines) is 1. The second-order valence-electron chi connectivity index (χ2n) is 13.4. The van der Waals surface area contributed by atoms with Gasteiger partial charge in [-0.15, -0.1) is 0 Å². The molecule has 2 heterocycles. The molecule has 2 aliphatic heterocycles. The Morgan fingerprint density at radius 1 is 1.05 bits per heavy atom. The summed E-state index contributed by atoms with van der Waals surface area (Å²) in [6.07, 6.45) is 0.0214. The number of nitrogens with one attached hydrogen (secondary N) is 1. The first-order chi connectivity index (χ1) is 19.8. The Bertz CT molecular complexity index is 1490. The SMILES string of the molecule is CC(C)(C)OC(=O)N1CC[C@@H](c2ccc(NS(C)(=O)=O)cc2)[C@H](COc2ccc3c(c2)C(=O)N(C(=O)O)C3C(C)(C)C)C1. The number of piperidine rings is 1. The van der Waals surface area contributed by atoms with Gasteiger partial charge < -0.3 is 19.5 Å². The van der Waals surface area contributed by atoms with Gasteiger partial charge in [-0.05, 0) is 73.9 Å². The lowest BCUT2D eigenvalue weighted by atomic mass is 9.81. The molecule has 1 saturated heterocycles. The number of hydrogen-bond acceptors (Lipinski definition) is 7. The highest BCUT2D eigenvalue weighted by molar-refractivity contribution is 7.92. The van der Waals surface area contributed by atoms with Crippen LogP contribution in [0.15, 0.2) is 42.5 Å². The van der Waals surface area contributed by atoms with Crippen LogP contribution in [0.2, 0.25) is 0 Å². The van der Waals surface area contributed by atoms with Crippen molar-refractivity contribution < 1.29 is 37.4 Å². The molecule has 0 bridgehead atoms. The molecule has 2 aromatic rings. The molecule has 43 heavy (non-hydrogen) atoms. The molecule has 12 heteroatoms. The molecular formula is C31H41N3O8S. The number of ether oxygens (including phenoxy) is 2. The van der Waals surface area contributed by atoms with Gasteiger partial charge in [0.05, 0.1) is 18.9 Å². The number of carbonyl (C=O) groups excluding carboxylic acids is 2. The summed E-state index contributed by atoms with van der Waals surface area (Å²) in [4.78, 5) is 40.6. The Hall–Kier alpha value is -3.80. The number of amides is 3. The summed E-state index contributed by atoms with van der Waals surface area (Å²) in [5.74, 6) is -0.318. The van der Waals surface area contributed by atoms with Gasteiger partial charge in [0, 0.05) is 30.3 Å². The highest BCUT2D eigenvalue weighted by atomic mass is 32.2. The van der Waals surface area contributed by atoms with Crippen molar-refractivity contribution in [3.05, 3.63) is 59.2 Å². The van der Waals surface area contributed by atoms with E-state index in [1.54, 1.807) is 35.2 Å². The molecule has 1 fully saturated rings. The van der Waals surface area contributed by atoms with Crippen LogP contribution < -0.4 is 9.46 Å². The van der Waals surface area contributed by atoms with Gasteiger partial charge in [-0.1, -0.05) is 39.0 Å². The Labute approximate surface area is 253 Å². The standard InChI is InChI=1S/C31H41N3O8S/c1-30(2,3)26-24-13-12-22(16-25(24)27(35)34(26)28(36)37)41-18-20-17-33(29(38)42-31(4,5)6)15-14-23(20)19-8-10-21(11-9-19)32-43(7,39)40/h8-13,16,20,23,26,32H,14-15,17-18H2,1-7H3,(H,36,37)/t20-,23-,26?/m0/s1. The van der Waals surface area contributed by atoms with Crippen LogP contribution in [0.4, 0.5) is 15.3 Å². The molecule has 0 aromatic heterocycles. The minimum Gasteiger partial charge on any atom is -0.493 e. The lowest BCUT2D eigenvalue weighted by molar-refractivity contribution is 0.0111. The number of sulfonamides is 1. The third kappa shape index (κ3) is 7.59. The number of anilines is 1. The average molecular weight is 616 g/mol. The van der Waals surface area contributed by atoms with Gasteiger partial charge in [-0.25, -0.2) is 22.9 Å². The minimum absolute atomic E-state index is 0.00481. The molecule has 4 rings (SSSR count). The lowest BCUT2D eigenvalue weighted by Gasteiger charge is -2.39. The van der Waals surface area contributed by atoms with Crippen LogP contribution in [0.3, 0.4) is 0 Å². The molecule has 234 valence electrons. The van der Waals surface area contributed by atoms with E-state index in [1.807, 2.05) is 53.7 Å². The Morgan fingerprint density at radius 2 is 1.70 bits per heavy atom. The van der Waals surface area contributed by atoms with Crippen LogP contribution >= 0.6 is 0 Å². The van der Waals surface area contributed by atoms with E-state index in [0.29, 0.717) is 42.1 Å². The third-order valence-electron chi connectivity index (χ3n) is 7.54. The van der Waals surface area contributed by atoms with Crippen molar-refractivity contribution in [3.63, 3.8) is 0 Å². The van der Waals surface area contributed by atoms with E-state index in [9.17, 15) is 27.9 Å². The summed E-state index contributed by atoms with van der Waals surface area (Å²) in [6.45, 7) is 12.2. The lowest BCUT2D eigenvalue weighted by Crippen LogP contribution is -2.46. The normalized spacial score (nSPS) is 20.9. The van der Waals surface area contributed by atoms with Gasteiger partial charge in [0.15, 0.2) is 0 Å². The van der Waals surface area contributed by atoms with Gasteiger partial charge in [0.25, 0.3) is 5.91 Å². The van der Waals surface area contributed by atoms with Gasteiger partial charge in [-0.3, -0.25) is 9.52 Å². The number of benzene rings is 2. The zero-order chi connectivity index (χ0) is 31.9. The number of imide groups is 1. The van der Waals surface area contributed by atoms with E-state index in [0.717, 1.165) is 16.7 Å². The molecule has 2 aliphatic rings. The maximum Gasteiger partial charge on any atom is 0.414 e. The van der Waals surface area contributed by atoms with Crippen LogP contribution in [-0.4, -0.2) is 73.0 Å². The Balaban J connectivity index is 1.58. The van der Waals surface area contributed by atoms with E-state index in [-0.39, 0.29) is 18.4 Å². The van der Waals surface area contributed by atoms with Crippen LogP contribution in [0.5, 0.6) is 5.75 Å². The number of fused-ring (bicyclic) bond motifs is 1. The molecular weight excluding hydrogens is 574 g/mol. The van der Waals surface area contributed by atoms with Gasteiger partial charge >= 0.3 is 12.2 Å². The van der Waals surface area contributed by atoms with Crippen LogP contribution in [0, 0.1) is 11.3 Å². The summed E-state index contributed by atoms with van der Waals surface area (Å²) in [7, 11) is -3.41. The fourth-order valence-corrected chi connectivity index (χ4v) is 6.40. The average Bonchev–Trinajstić information content (AvgIpc) is 3.18. The molecule has 0 saturated carbocycles. The van der Waals surface area contributed by atoms with Gasteiger partial charge in [-0.2, -0.15) is 0 Å². The van der Waals surface area contributed by atoms with Crippen molar-refractivity contribution in [2.75, 3.05) is 30.7 Å². The van der Waals surface area contributed by atoms with Crippen molar-refractivity contribution in [2.45, 2.75) is 65.5 Å². The molecule has 0 spiro atoms. The maximum atomic E-state index is 13.1. The largest absolute Gasteiger partial charge is 0.493 e. The highest BCUT2D eigenvalue weighted by Gasteiger charge is 2.46. The molecule has 3 amide bonds. The van der Waals surface area contributed by atoms with Crippen molar-refractivity contribution in [1.29, 1.82) is 0 Å². The summed E-state index contributed by atoms with van der Waals surface area (Å²) in [5.41, 5.74) is 1.22. The predicted molar refractivity (Wildman–Crippen MR) is 162 cm³/mol. The monoisotopic (exact) mass is 615 g/mol. The number of carboxylic acid groups (broad SMARTS) is 1. The van der Waals surface area contributed by atoms with Gasteiger partial charge in [0.2, 0.25) is 10.0 Å². The third-order valence-corrected chi connectivity index (χ3v) is 8.15. The Morgan fingerprint density at radius 3 is 2.26 bits per heavy atom. The number of rotatable bonds is 6. The van der Waals surface area contributed by atoms with E-state index in [4.69, 9.17) is 9.47 Å². The van der Waals surface area contributed by atoms with Crippen molar-refractivity contribution in [2.24, 2.45) is 11.3 Å². The van der Waals surface area contributed by atoms with Crippen LogP contribution in [-0.2, 0) is 14.8 Å². The van der Waals surface area contributed by atoms with Crippen LogP contribution in [0.1, 0.15) is 81.4 Å². The highest BCUT2D eigenvalue weighted by Crippen LogP contribution is 2.46. The maximum absolute atomic E-state index is 13.1. The second-order valence-corrected chi connectivity index (χ2v) is 15.1. The number of nitrogens with zero attached hydrogens (tertiary/aromatic N) is 2. The quantitative estimate of drug-likeness (QED) is 0.422. The molecule has 0 radical (unpaired) electrons. The fraction of sp³-hybridized carbons (Fsp3) is 0.516. The first-order valence-electron chi connectivity index (χ1n) is 14.2. The van der Waals surface area contributed by atoms with Crippen molar-refractivity contribution in [1.82, 2.24) is 9.80 Å². The topological polar surface area (TPSA) is 143 Å². The zero-order valence-corrected chi connectivity index (χ0v) is 26.5. The molecule has 1 unspecified atom stereocenters. The van der Waals surface area contributed by atoms with E-state index < -0.39 is 45.2 Å². The molecule has 3 atom stereocenters. The van der Waals surface area contributed by atoms with Crippen LogP contribution in [0.25, 0.3) is 0 Å². The zero-order valence-electron chi connectivity index (χ0n) is 25.7. The molecule has 11 nitrogen and oxygen atoms in total. The summed E-state index contributed by atoms with van der Waals surface area (Å²) in [6, 6.07) is 11.6. The number of carbonyl (C=O) groups is 3. The van der Waals surface area contributed by atoms with E-state index in [1.165, 1.54) is 0 Å². The van der Waals surface area contributed by atoms with E-state index in [2.05, 4.69) is 4.72 Å². The predicted octanol–water partition coefficient (Wildman–Crippen LogP) is 5.70. The Kier molecular flexibility index (Phi) is 8.74. The summed E-state index contributed by atoms with van der Waals surface area (Å²) in [5, 5.41) is 9.78. The van der Waals surface area contributed by atoms with E-state index >= 15 is 0 Å². The fourth-order valence-electron chi connectivity index (χ4n) is 5.83. The second kappa shape index (κ2) is 11.7. The van der Waals surface area contributed by atoms with Gasteiger partial charge in [0.1, 0.15) is 11.4 Å². The summed E-state index contributed by atoms with van der Waals surface area (Å²) < 4.78 is 37.6. The smallest absolute Gasteiger partial charge is 0.414 e.